The van der Waals surface area contributed by atoms with E-state index in [1.807, 2.05) is 49.4 Å². The van der Waals surface area contributed by atoms with Gasteiger partial charge in [0.2, 0.25) is 0 Å². The second kappa shape index (κ2) is 8.03. The monoisotopic (exact) mass is 349 g/mol. The van der Waals surface area contributed by atoms with E-state index in [1.165, 1.54) is 0 Å². The molecule has 2 amide bonds. The third-order valence-corrected chi connectivity index (χ3v) is 4.68. The Kier molecular flexibility index (Phi) is 5.55. The fraction of sp³-hybridized carbons (Fsp3) is 0.333. The van der Waals surface area contributed by atoms with Crippen molar-refractivity contribution < 1.29 is 9.90 Å². The summed E-state index contributed by atoms with van der Waals surface area (Å²) >= 11 is 0. The Labute approximate surface area is 153 Å². The summed E-state index contributed by atoms with van der Waals surface area (Å²) in [5.41, 5.74) is 2.35. The van der Waals surface area contributed by atoms with Gasteiger partial charge >= 0.3 is 6.03 Å². The third-order valence-electron chi connectivity index (χ3n) is 4.68. The molecule has 0 spiro atoms. The lowest BCUT2D eigenvalue weighted by atomic mass is 10.1. The van der Waals surface area contributed by atoms with Crippen LogP contribution in [0.25, 0.3) is 0 Å². The Bertz CT molecular complexity index is 779. The molecule has 0 aromatic heterocycles. The average Bonchev–Trinajstić information content (AvgIpc) is 3.51. The van der Waals surface area contributed by atoms with Crippen LogP contribution in [0, 0.1) is 11.3 Å². The van der Waals surface area contributed by atoms with Crippen LogP contribution in [-0.2, 0) is 0 Å². The van der Waals surface area contributed by atoms with Crippen LogP contribution in [0.1, 0.15) is 48.6 Å². The molecule has 2 N–H and O–H groups in total. The van der Waals surface area contributed by atoms with E-state index in [0.29, 0.717) is 5.56 Å². The molecular formula is C21H23N3O2. The minimum absolute atomic E-state index is 0.167. The molecule has 5 heteroatoms. The zero-order valence-corrected chi connectivity index (χ0v) is 14.8. The highest BCUT2D eigenvalue weighted by molar-refractivity contribution is 5.75. The van der Waals surface area contributed by atoms with Gasteiger partial charge in [-0.3, -0.25) is 0 Å². The predicted octanol–water partition coefficient (Wildman–Crippen LogP) is 3.53. The molecule has 2 aromatic rings. The summed E-state index contributed by atoms with van der Waals surface area (Å²) in [6.45, 7) is 2.19. The molecule has 1 aliphatic carbocycles. The molecule has 1 fully saturated rings. The van der Waals surface area contributed by atoms with Crippen LogP contribution >= 0.6 is 0 Å². The van der Waals surface area contributed by atoms with Crippen LogP contribution in [0.3, 0.4) is 0 Å². The molecule has 0 saturated heterocycles. The van der Waals surface area contributed by atoms with Crippen LogP contribution in [0.15, 0.2) is 54.6 Å². The van der Waals surface area contributed by atoms with Crippen LogP contribution in [0.5, 0.6) is 0 Å². The van der Waals surface area contributed by atoms with E-state index in [9.17, 15) is 9.90 Å². The highest BCUT2D eigenvalue weighted by Crippen LogP contribution is 2.29. The number of rotatable bonds is 6. The number of aliphatic hydroxyl groups excluding tert-OH is 1. The largest absolute Gasteiger partial charge is 0.387 e. The summed E-state index contributed by atoms with van der Waals surface area (Å²) < 4.78 is 0. The summed E-state index contributed by atoms with van der Waals surface area (Å²) in [6.07, 6.45) is 1.24. The van der Waals surface area contributed by atoms with E-state index in [2.05, 4.69) is 11.4 Å². The van der Waals surface area contributed by atoms with Crippen molar-refractivity contribution in [3.8, 4) is 6.07 Å². The molecule has 3 rings (SSSR count). The van der Waals surface area contributed by atoms with Crippen LogP contribution in [0.4, 0.5) is 4.79 Å². The number of nitrogens with zero attached hydrogens (tertiary/aromatic N) is 2. The zero-order valence-electron chi connectivity index (χ0n) is 14.8. The molecule has 26 heavy (non-hydrogen) atoms. The minimum Gasteiger partial charge on any atom is -0.387 e. The highest BCUT2D eigenvalue weighted by Gasteiger charge is 2.34. The van der Waals surface area contributed by atoms with Gasteiger partial charge in [0.1, 0.15) is 0 Å². The Balaban J connectivity index is 1.64. The quantitative estimate of drug-likeness (QED) is 0.838. The lowest BCUT2D eigenvalue weighted by Crippen LogP contribution is -2.44. The van der Waals surface area contributed by atoms with Gasteiger partial charge in [-0.2, -0.15) is 5.26 Å². The van der Waals surface area contributed by atoms with Crippen molar-refractivity contribution in [1.82, 2.24) is 10.2 Å². The second-order valence-electron chi connectivity index (χ2n) is 6.72. The van der Waals surface area contributed by atoms with Gasteiger partial charge in [-0.15, -0.1) is 0 Å². The molecule has 1 aliphatic rings. The normalized spacial score (nSPS) is 15.6. The highest BCUT2D eigenvalue weighted by atomic mass is 16.3. The fourth-order valence-electron chi connectivity index (χ4n) is 2.95. The number of carbonyl (C=O) groups is 1. The molecule has 2 aromatic carbocycles. The number of hydrogen-bond acceptors (Lipinski definition) is 3. The molecule has 134 valence electrons. The van der Waals surface area contributed by atoms with Gasteiger partial charge in [0.15, 0.2) is 0 Å². The van der Waals surface area contributed by atoms with Crippen molar-refractivity contribution >= 4 is 6.03 Å². The van der Waals surface area contributed by atoms with Gasteiger partial charge < -0.3 is 15.3 Å². The van der Waals surface area contributed by atoms with Crippen LogP contribution in [0.2, 0.25) is 0 Å². The van der Waals surface area contributed by atoms with E-state index < -0.39 is 6.10 Å². The Morgan fingerprint density at radius 2 is 1.85 bits per heavy atom. The molecule has 0 unspecified atom stereocenters. The topological polar surface area (TPSA) is 76.4 Å². The maximum absolute atomic E-state index is 12.7. The van der Waals surface area contributed by atoms with Crippen molar-refractivity contribution in [1.29, 1.82) is 5.26 Å². The summed E-state index contributed by atoms with van der Waals surface area (Å²) in [5.74, 6) is 0. The number of hydrogen-bond donors (Lipinski definition) is 2. The number of nitriles is 1. The van der Waals surface area contributed by atoms with Crippen LogP contribution in [-0.4, -0.2) is 28.6 Å². The van der Waals surface area contributed by atoms with E-state index >= 15 is 0 Å². The van der Waals surface area contributed by atoms with E-state index in [0.717, 1.165) is 24.0 Å². The van der Waals surface area contributed by atoms with Gasteiger partial charge in [-0.05, 0) is 43.0 Å². The third kappa shape index (κ3) is 4.41. The number of amides is 2. The molecule has 0 bridgehead atoms. The smallest absolute Gasteiger partial charge is 0.318 e. The van der Waals surface area contributed by atoms with Gasteiger partial charge in [0.05, 0.1) is 30.3 Å². The average molecular weight is 349 g/mol. The Morgan fingerprint density at radius 1 is 1.19 bits per heavy atom. The first-order chi connectivity index (χ1) is 12.6. The molecule has 2 atom stereocenters. The van der Waals surface area contributed by atoms with Crippen LogP contribution < -0.4 is 5.32 Å². The van der Waals surface area contributed by atoms with E-state index in [-0.39, 0.29) is 24.7 Å². The van der Waals surface area contributed by atoms with Gasteiger partial charge in [0, 0.05) is 6.04 Å². The molecule has 5 nitrogen and oxygen atoms in total. The number of nitrogens with one attached hydrogen (secondary N) is 1. The lowest BCUT2D eigenvalue weighted by molar-refractivity contribution is 0.117. The second-order valence-corrected chi connectivity index (χ2v) is 6.72. The predicted molar refractivity (Wildman–Crippen MR) is 99.2 cm³/mol. The Hall–Kier alpha value is -2.84. The number of urea groups is 1. The first-order valence-electron chi connectivity index (χ1n) is 8.88. The summed E-state index contributed by atoms with van der Waals surface area (Å²) in [5, 5.41) is 22.4. The molecule has 0 radical (unpaired) electrons. The maximum Gasteiger partial charge on any atom is 0.318 e. The molecule has 0 heterocycles. The van der Waals surface area contributed by atoms with Gasteiger partial charge in [-0.25, -0.2) is 4.79 Å². The number of benzene rings is 2. The van der Waals surface area contributed by atoms with E-state index in [4.69, 9.17) is 5.26 Å². The fourth-order valence-corrected chi connectivity index (χ4v) is 2.95. The molecule has 1 saturated carbocycles. The van der Waals surface area contributed by atoms with E-state index in [1.54, 1.807) is 17.0 Å². The van der Waals surface area contributed by atoms with Gasteiger partial charge in [0.25, 0.3) is 0 Å². The maximum atomic E-state index is 12.7. The minimum atomic E-state index is -0.701. The number of carbonyl (C=O) groups excluding carboxylic acids is 1. The summed E-state index contributed by atoms with van der Waals surface area (Å²) in [7, 11) is 0. The SMILES string of the molecule is C[C@H](NC(=O)N(C[C@@H](O)c1ccccc1)C1CC1)c1ccc(C#N)cc1. The van der Waals surface area contributed by atoms with Crippen molar-refractivity contribution in [2.75, 3.05) is 6.54 Å². The molecular weight excluding hydrogens is 326 g/mol. The van der Waals surface area contributed by atoms with Crippen molar-refractivity contribution in [3.05, 3.63) is 71.3 Å². The lowest BCUT2D eigenvalue weighted by Gasteiger charge is -2.27. The van der Waals surface area contributed by atoms with Crippen molar-refractivity contribution in [2.24, 2.45) is 0 Å². The zero-order chi connectivity index (χ0) is 18.5. The van der Waals surface area contributed by atoms with Gasteiger partial charge in [-0.1, -0.05) is 42.5 Å². The van der Waals surface area contributed by atoms with Crippen molar-refractivity contribution in [3.63, 3.8) is 0 Å². The standard InChI is InChI=1S/C21H23N3O2/c1-15(17-9-7-16(13-22)8-10-17)23-21(26)24(19-11-12-19)14-20(25)18-5-3-2-4-6-18/h2-10,15,19-20,25H,11-12,14H2,1H3,(H,23,26)/t15-,20+/m0/s1. The first-order valence-corrected chi connectivity index (χ1v) is 8.88. The number of aliphatic hydroxyl groups is 1. The van der Waals surface area contributed by atoms with Crippen molar-refractivity contribution in [2.45, 2.75) is 38.0 Å². The summed E-state index contributed by atoms with van der Waals surface area (Å²) in [6, 6.07) is 18.5. The summed E-state index contributed by atoms with van der Waals surface area (Å²) in [4.78, 5) is 14.5. The molecule has 0 aliphatic heterocycles. The first kappa shape index (κ1) is 18.0. The Morgan fingerprint density at radius 3 is 2.42 bits per heavy atom.